The number of hydrogen-bond acceptors (Lipinski definition) is 2. The number of rotatable bonds is 2. The summed E-state index contributed by atoms with van der Waals surface area (Å²) in [5.41, 5.74) is 1.87. The lowest BCUT2D eigenvalue weighted by Gasteiger charge is -2.03. The zero-order chi connectivity index (χ0) is 10.0. The van der Waals surface area contributed by atoms with E-state index in [0.29, 0.717) is 3.57 Å². The molecule has 0 unspecified atom stereocenters. The van der Waals surface area contributed by atoms with Crippen LogP contribution in [0.2, 0.25) is 0 Å². The Kier molecular flexibility index (Phi) is 3.13. The topological polar surface area (TPSA) is 54.4 Å². The summed E-state index contributed by atoms with van der Waals surface area (Å²) >= 11 is -1.41. The van der Waals surface area contributed by atoms with Gasteiger partial charge in [0.05, 0.1) is 9.13 Å². The molecule has 0 aromatic heterocycles. The van der Waals surface area contributed by atoms with Crippen molar-refractivity contribution in [3.63, 3.8) is 0 Å². The molecule has 1 aromatic rings. The average Bonchev–Trinajstić information content (AvgIpc) is 2.02. The highest BCUT2D eigenvalue weighted by Gasteiger charge is 2.12. The van der Waals surface area contributed by atoms with Gasteiger partial charge in [0.25, 0.3) is 0 Å². The molecule has 0 fully saturated rings. The molecule has 0 spiro atoms. The lowest BCUT2D eigenvalue weighted by molar-refractivity contribution is 0.0695. The van der Waals surface area contributed by atoms with Crippen LogP contribution >= 0.6 is 21.2 Å². The molecule has 0 saturated heterocycles. The van der Waals surface area contributed by atoms with Crippen molar-refractivity contribution in [1.82, 2.24) is 0 Å². The molecule has 70 valence electrons. The Balaban J connectivity index is 3.46. The van der Waals surface area contributed by atoms with Gasteiger partial charge in [-0.3, -0.25) is 3.07 Å². The van der Waals surface area contributed by atoms with E-state index in [9.17, 15) is 7.86 Å². The molecule has 0 aliphatic rings. The number of halogens is 1. The van der Waals surface area contributed by atoms with E-state index in [2.05, 4.69) is 0 Å². The van der Waals surface area contributed by atoms with Gasteiger partial charge in [0.2, 0.25) is 0 Å². The standard InChI is InChI=1S/C9H9IO3/c1-5-3-6(2)8(10-13)7(4-5)9(11)12/h3-4H,1-2H3,(H,11,12). The first-order valence-electron chi connectivity index (χ1n) is 3.68. The van der Waals surface area contributed by atoms with Gasteiger partial charge in [-0.2, -0.15) is 0 Å². The molecule has 1 aromatic carbocycles. The summed E-state index contributed by atoms with van der Waals surface area (Å²) in [6.07, 6.45) is 0. The van der Waals surface area contributed by atoms with Crippen LogP contribution in [0.15, 0.2) is 12.1 Å². The third-order valence-electron chi connectivity index (χ3n) is 1.71. The minimum absolute atomic E-state index is 0.181. The second-order valence-electron chi connectivity index (χ2n) is 2.83. The highest BCUT2D eigenvalue weighted by molar-refractivity contribution is 14.1. The summed E-state index contributed by atoms with van der Waals surface area (Å²) in [6, 6.07) is 3.40. The highest BCUT2D eigenvalue weighted by atomic mass is 127. The van der Waals surface area contributed by atoms with Gasteiger partial charge in [-0.1, -0.05) is 6.07 Å². The average molecular weight is 292 g/mol. The van der Waals surface area contributed by atoms with Crippen molar-refractivity contribution < 1.29 is 13.0 Å². The van der Waals surface area contributed by atoms with Gasteiger partial charge >= 0.3 is 5.97 Å². The largest absolute Gasteiger partial charge is 0.478 e. The molecule has 0 atom stereocenters. The van der Waals surface area contributed by atoms with Gasteiger partial charge in [0.1, 0.15) is 0 Å². The number of carboxylic acids is 1. The molecule has 1 N–H and O–H groups in total. The number of benzene rings is 1. The van der Waals surface area contributed by atoms with Crippen molar-refractivity contribution in [1.29, 1.82) is 0 Å². The Morgan fingerprint density at radius 3 is 2.46 bits per heavy atom. The lowest BCUT2D eigenvalue weighted by Crippen LogP contribution is -2.02. The maximum Gasteiger partial charge on any atom is 0.336 e. The molecule has 0 saturated carbocycles. The van der Waals surface area contributed by atoms with Crippen LogP contribution in [0.3, 0.4) is 0 Å². The van der Waals surface area contributed by atoms with Gasteiger partial charge in [0, 0.05) is 0 Å². The van der Waals surface area contributed by atoms with Gasteiger partial charge < -0.3 is 5.11 Å². The molecule has 0 radical (unpaired) electrons. The minimum atomic E-state index is -1.41. The first-order chi connectivity index (χ1) is 6.06. The van der Waals surface area contributed by atoms with E-state index in [1.165, 1.54) is 0 Å². The Morgan fingerprint density at radius 1 is 1.38 bits per heavy atom. The van der Waals surface area contributed by atoms with E-state index in [1.54, 1.807) is 13.0 Å². The summed E-state index contributed by atoms with van der Waals surface area (Å²) in [6.45, 7) is 3.61. The first kappa shape index (κ1) is 10.3. The van der Waals surface area contributed by atoms with Crippen LogP contribution in [0, 0.1) is 17.4 Å². The molecule has 13 heavy (non-hydrogen) atoms. The number of carbonyl (C=O) groups is 1. The summed E-state index contributed by atoms with van der Waals surface area (Å²) in [5, 5.41) is 8.82. The second-order valence-corrected chi connectivity index (χ2v) is 4.34. The van der Waals surface area contributed by atoms with Gasteiger partial charge in [-0.25, -0.2) is 4.79 Å². The Labute approximate surface area is 86.4 Å². The van der Waals surface area contributed by atoms with Crippen molar-refractivity contribution >= 4 is 27.2 Å². The molecule has 0 bridgehead atoms. The second kappa shape index (κ2) is 3.95. The summed E-state index contributed by atoms with van der Waals surface area (Å²) in [7, 11) is 0. The molecule has 0 heterocycles. The monoisotopic (exact) mass is 292 g/mol. The predicted molar refractivity (Wildman–Crippen MR) is 56.3 cm³/mol. The molecule has 3 nitrogen and oxygen atoms in total. The smallest absolute Gasteiger partial charge is 0.336 e. The zero-order valence-electron chi connectivity index (χ0n) is 7.30. The van der Waals surface area contributed by atoms with Crippen molar-refractivity contribution in [2.24, 2.45) is 0 Å². The van der Waals surface area contributed by atoms with E-state index in [4.69, 9.17) is 5.11 Å². The number of aromatic carboxylic acids is 1. The number of carboxylic acid groups (broad SMARTS) is 1. The Bertz CT molecular complexity index is 371. The predicted octanol–water partition coefficient (Wildman–Crippen LogP) is 2.49. The molecular weight excluding hydrogens is 283 g/mol. The summed E-state index contributed by atoms with van der Waals surface area (Å²) in [5.74, 6) is -1.00. The van der Waals surface area contributed by atoms with Crippen molar-refractivity contribution in [3.05, 3.63) is 32.4 Å². The SMILES string of the molecule is Cc1cc(C)c(I=O)c(C(=O)O)c1. The quantitative estimate of drug-likeness (QED) is 0.852. The molecule has 0 amide bonds. The van der Waals surface area contributed by atoms with E-state index in [0.717, 1.165) is 11.1 Å². The molecule has 4 heteroatoms. The van der Waals surface area contributed by atoms with Crippen LogP contribution < -0.4 is 0 Å². The van der Waals surface area contributed by atoms with Crippen molar-refractivity contribution in [3.8, 4) is 0 Å². The molecule has 1 rings (SSSR count). The van der Waals surface area contributed by atoms with Crippen molar-refractivity contribution in [2.45, 2.75) is 13.8 Å². The van der Waals surface area contributed by atoms with Crippen LogP contribution in [0.25, 0.3) is 0 Å². The van der Waals surface area contributed by atoms with Crippen molar-refractivity contribution in [2.75, 3.05) is 0 Å². The van der Waals surface area contributed by atoms with Gasteiger partial charge in [-0.05, 0) is 31.0 Å². The Hall–Kier alpha value is -0.780. The van der Waals surface area contributed by atoms with Crippen LogP contribution in [-0.2, 0) is 3.07 Å². The third-order valence-corrected chi connectivity index (χ3v) is 3.58. The number of aryl methyl sites for hydroxylation is 2. The first-order valence-corrected chi connectivity index (χ1v) is 5.64. The van der Waals surface area contributed by atoms with Crippen LogP contribution in [0.4, 0.5) is 0 Å². The van der Waals surface area contributed by atoms with Gasteiger partial charge in [0.15, 0.2) is 21.2 Å². The lowest BCUT2D eigenvalue weighted by atomic mass is 10.1. The molecule has 0 aliphatic heterocycles. The van der Waals surface area contributed by atoms with E-state index < -0.39 is 27.2 Å². The van der Waals surface area contributed by atoms with Gasteiger partial charge in [-0.15, -0.1) is 0 Å². The maximum atomic E-state index is 10.8. The number of hydrogen-bond donors (Lipinski definition) is 1. The maximum absolute atomic E-state index is 10.8. The third kappa shape index (κ3) is 2.12. The van der Waals surface area contributed by atoms with E-state index in [-0.39, 0.29) is 5.56 Å². The van der Waals surface area contributed by atoms with Crippen LogP contribution in [-0.4, -0.2) is 11.1 Å². The minimum Gasteiger partial charge on any atom is -0.478 e. The van der Waals surface area contributed by atoms with Crippen LogP contribution in [0.1, 0.15) is 21.5 Å². The zero-order valence-corrected chi connectivity index (χ0v) is 9.45. The van der Waals surface area contributed by atoms with E-state index >= 15 is 0 Å². The molecular formula is C9H9IO3. The summed E-state index contributed by atoms with van der Waals surface area (Å²) < 4.78 is 11.3. The fourth-order valence-corrected chi connectivity index (χ4v) is 2.33. The normalized spacial score (nSPS) is 10.0. The van der Waals surface area contributed by atoms with Crippen LogP contribution in [0.5, 0.6) is 0 Å². The highest BCUT2D eigenvalue weighted by Crippen LogP contribution is 2.22. The molecule has 0 aliphatic carbocycles. The van der Waals surface area contributed by atoms with E-state index in [1.807, 2.05) is 13.0 Å². The Morgan fingerprint density at radius 2 is 2.00 bits per heavy atom. The fraction of sp³-hybridized carbons (Fsp3) is 0.222. The summed E-state index contributed by atoms with van der Waals surface area (Å²) in [4.78, 5) is 10.8. The fourth-order valence-electron chi connectivity index (χ4n) is 1.21.